The van der Waals surface area contributed by atoms with Gasteiger partial charge >= 0.3 is 0 Å². The summed E-state index contributed by atoms with van der Waals surface area (Å²) >= 11 is 0. The zero-order chi connectivity index (χ0) is 14.2. The SMILES string of the molecule is COc1cc([N+](=O)[O-])cc([C@@H](N)[C@@H](O)C2CC2)c1O.Cl. The molecule has 2 rings (SSSR count). The zero-order valence-electron chi connectivity index (χ0n) is 10.9. The summed E-state index contributed by atoms with van der Waals surface area (Å²) in [6, 6.07) is 1.42. The summed E-state index contributed by atoms with van der Waals surface area (Å²) in [5, 5.41) is 30.8. The average Bonchev–Trinajstić information content (AvgIpc) is 3.21. The molecular weight excluding hydrogens is 288 g/mol. The van der Waals surface area contributed by atoms with E-state index in [9.17, 15) is 20.3 Å². The summed E-state index contributed by atoms with van der Waals surface area (Å²) in [5.41, 5.74) is 5.78. The van der Waals surface area contributed by atoms with Gasteiger partial charge in [-0.3, -0.25) is 10.1 Å². The number of halogens is 1. The van der Waals surface area contributed by atoms with Crippen LogP contribution < -0.4 is 10.5 Å². The summed E-state index contributed by atoms with van der Waals surface area (Å²) in [7, 11) is 1.30. The molecule has 0 amide bonds. The maximum Gasteiger partial charge on any atom is 0.273 e. The summed E-state index contributed by atoms with van der Waals surface area (Å²) in [4.78, 5) is 10.2. The molecular formula is C12H17ClN2O5. The van der Waals surface area contributed by atoms with Gasteiger partial charge in [-0.25, -0.2) is 0 Å². The molecule has 20 heavy (non-hydrogen) atoms. The van der Waals surface area contributed by atoms with E-state index in [2.05, 4.69) is 0 Å². The number of nitrogens with two attached hydrogens (primary N) is 1. The van der Waals surface area contributed by atoms with Gasteiger partial charge in [-0.15, -0.1) is 12.4 Å². The molecule has 112 valence electrons. The minimum atomic E-state index is -0.874. The Hall–Kier alpha value is -1.57. The molecule has 8 heteroatoms. The number of non-ortho nitro benzene ring substituents is 1. The highest BCUT2D eigenvalue weighted by Gasteiger charge is 2.36. The van der Waals surface area contributed by atoms with Crippen LogP contribution in [0.3, 0.4) is 0 Å². The van der Waals surface area contributed by atoms with Gasteiger partial charge in [0.25, 0.3) is 5.69 Å². The predicted octanol–water partition coefficient (Wildman–Crippen LogP) is 1.50. The van der Waals surface area contributed by atoms with Crippen molar-refractivity contribution >= 4 is 18.1 Å². The quantitative estimate of drug-likeness (QED) is 0.560. The Kier molecular flexibility index (Phi) is 5.15. The third-order valence-corrected chi connectivity index (χ3v) is 3.35. The summed E-state index contributed by atoms with van der Waals surface area (Å²) < 4.78 is 4.89. The van der Waals surface area contributed by atoms with Crippen LogP contribution in [0.25, 0.3) is 0 Å². The number of methoxy groups -OCH3 is 1. The van der Waals surface area contributed by atoms with Crippen molar-refractivity contribution in [3.8, 4) is 11.5 Å². The van der Waals surface area contributed by atoms with Gasteiger partial charge in [-0.2, -0.15) is 0 Å². The van der Waals surface area contributed by atoms with Crippen molar-refractivity contribution in [1.29, 1.82) is 0 Å². The Morgan fingerprint density at radius 3 is 2.55 bits per heavy atom. The minimum Gasteiger partial charge on any atom is -0.504 e. The lowest BCUT2D eigenvalue weighted by Gasteiger charge is -2.20. The minimum absolute atomic E-state index is 0. The third kappa shape index (κ3) is 3.12. The average molecular weight is 305 g/mol. The van der Waals surface area contributed by atoms with Crippen LogP contribution in [0.1, 0.15) is 24.4 Å². The van der Waals surface area contributed by atoms with Crippen LogP contribution in [0.2, 0.25) is 0 Å². The monoisotopic (exact) mass is 304 g/mol. The number of aliphatic hydroxyl groups excluding tert-OH is 1. The van der Waals surface area contributed by atoms with Crippen LogP contribution in [0.4, 0.5) is 5.69 Å². The van der Waals surface area contributed by atoms with E-state index in [1.807, 2.05) is 0 Å². The molecule has 0 radical (unpaired) electrons. The second kappa shape index (κ2) is 6.25. The molecule has 1 aromatic carbocycles. The first kappa shape index (κ1) is 16.5. The number of phenols is 1. The fraction of sp³-hybridized carbons (Fsp3) is 0.500. The Morgan fingerprint density at radius 1 is 1.50 bits per heavy atom. The maximum atomic E-state index is 10.8. The van der Waals surface area contributed by atoms with E-state index in [-0.39, 0.29) is 41.1 Å². The Balaban J connectivity index is 0.00000200. The van der Waals surface area contributed by atoms with E-state index >= 15 is 0 Å². The fourth-order valence-electron chi connectivity index (χ4n) is 2.04. The molecule has 7 nitrogen and oxygen atoms in total. The number of aliphatic hydroxyl groups is 1. The van der Waals surface area contributed by atoms with Gasteiger partial charge in [0.1, 0.15) is 0 Å². The molecule has 1 saturated carbocycles. The van der Waals surface area contributed by atoms with Crippen LogP contribution in [0.5, 0.6) is 11.5 Å². The highest BCUT2D eigenvalue weighted by Crippen LogP contribution is 2.42. The first-order valence-electron chi connectivity index (χ1n) is 5.94. The van der Waals surface area contributed by atoms with E-state index in [0.717, 1.165) is 18.9 Å². The third-order valence-electron chi connectivity index (χ3n) is 3.35. The molecule has 0 heterocycles. The number of nitro groups is 1. The zero-order valence-corrected chi connectivity index (χ0v) is 11.7. The molecule has 2 atom stereocenters. The lowest BCUT2D eigenvalue weighted by molar-refractivity contribution is -0.385. The van der Waals surface area contributed by atoms with Gasteiger partial charge in [-0.05, 0) is 18.8 Å². The second-order valence-corrected chi connectivity index (χ2v) is 4.70. The van der Waals surface area contributed by atoms with Gasteiger partial charge in [0.05, 0.1) is 30.2 Å². The molecule has 0 saturated heterocycles. The lowest BCUT2D eigenvalue weighted by atomic mass is 9.97. The van der Waals surface area contributed by atoms with Crippen LogP contribution in [0, 0.1) is 16.0 Å². The molecule has 1 aliphatic carbocycles. The molecule has 1 fully saturated rings. The van der Waals surface area contributed by atoms with Crippen LogP contribution in [-0.2, 0) is 0 Å². The number of nitro benzene ring substituents is 1. The Bertz CT molecular complexity index is 507. The summed E-state index contributed by atoms with van der Waals surface area (Å²) in [5.74, 6) is -0.192. The van der Waals surface area contributed by atoms with E-state index in [1.54, 1.807) is 0 Å². The highest BCUT2D eigenvalue weighted by molar-refractivity contribution is 5.85. The topological polar surface area (TPSA) is 119 Å². The second-order valence-electron chi connectivity index (χ2n) is 4.70. The smallest absolute Gasteiger partial charge is 0.273 e. The number of benzene rings is 1. The van der Waals surface area contributed by atoms with Gasteiger partial charge < -0.3 is 20.7 Å². The standard InChI is InChI=1S/C12H16N2O5.ClH/c1-19-9-5-7(14(17)18)4-8(12(9)16)10(13)11(15)6-2-3-6;/h4-6,10-11,15-16H,2-3,13H2,1H3;1H/t10-,11+;/m1./s1. The number of ether oxygens (including phenoxy) is 1. The fourth-order valence-corrected chi connectivity index (χ4v) is 2.04. The molecule has 0 aromatic heterocycles. The first-order chi connectivity index (χ1) is 8.95. The number of hydrogen-bond donors (Lipinski definition) is 3. The van der Waals surface area contributed by atoms with E-state index < -0.39 is 17.1 Å². The molecule has 0 bridgehead atoms. The van der Waals surface area contributed by atoms with Crippen LogP contribution >= 0.6 is 12.4 Å². The number of phenolic OH excluding ortho intramolecular Hbond substituents is 1. The van der Waals surface area contributed by atoms with Crippen molar-refractivity contribution in [3.63, 3.8) is 0 Å². The highest BCUT2D eigenvalue weighted by atomic mass is 35.5. The predicted molar refractivity (Wildman–Crippen MR) is 74.2 cm³/mol. The number of nitrogens with zero attached hydrogens (tertiary/aromatic N) is 1. The molecule has 1 aromatic rings. The van der Waals surface area contributed by atoms with Crippen molar-refractivity contribution in [2.45, 2.75) is 25.0 Å². The van der Waals surface area contributed by atoms with Gasteiger partial charge in [0.2, 0.25) is 0 Å². The number of rotatable bonds is 5. The van der Waals surface area contributed by atoms with E-state index in [1.165, 1.54) is 13.2 Å². The maximum absolute atomic E-state index is 10.8. The summed E-state index contributed by atoms with van der Waals surface area (Å²) in [6.45, 7) is 0. The number of hydrogen-bond acceptors (Lipinski definition) is 6. The van der Waals surface area contributed by atoms with Crippen LogP contribution in [0.15, 0.2) is 12.1 Å². The van der Waals surface area contributed by atoms with Crippen LogP contribution in [-0.4, -0.2) is 28.4 Å². The van der Waals surface area contributed by atoms with E-state index in [0.29, 0.717) is 0 Å². The van der Waals surface area contributed by atoms with Crippen molar-refractivity contribution in [2.24, 2.45) is 11.7 Å². The first-order valence-corrected chi connectivity index (χ1v) is 5.94. The Labute approximate surface area is 121 Å². The van der Waals surface area contributed by atoms with Crippen molar-refractivity contribution in [3.05, 3.63) is 27.8 Å². The van der Waals surface area contributed by atoms with Crippen molar-refractivity contribution < 1.29 is 19.9 Å². The lowest BCUT2D eigenvalue weighted by Crippen LogP contribution is -2.28. The normalized spacial score (nSPS) is 16.9. The molecule has 0 unspecified atom stereocenters. The van der Waals surface area contributed by atoms with Gasteiger partial charge in [-0.1, -0.05) is 0 Å². The Morgan fingerprint density at radius 2 is 2.10 bits per heavy atom. The summed E-state index contributed by atoms with van der Waals surface area (Å²) in [6.07, 6.45) is 0.932. The molecule has 0 spiro atoms. The molecule has 1 aliphatic rings. The van der Waals surface area contributed by atoms with Crippen molar-refractivity contribution in [2.75, 3.05) is 7.11 Å². The van der Waals surface area contributed by atoms with Gasteiger partial charge in [0, 0.05) is 11.6 Å². The molecule has 0 aliphatic heterocycles. The van der Waals surface area contributed by atoms with E-state index in [4.69, 9.17) is 10.5 Å². The largest absolute Gasteiger partial charge is 0.504 e. The number of aromatic hydroxyl groups is 1. The molecule has 4 N–H and O–H groups in total. The van der Waals surface area contributed by atoms with Crippen molar-refractivity contribution in [1.82, 2.24) is 0 Å². The van der Waals surface area contributed by atoms with Gasteiger partial charge in [0.15, 0.2) is 11.5 Å².